The van der Waals surface area contributed by atoms with Gasteiger partial charge in [-0.3, -0.25) is 0 Å². The van der Waals surface area contributed by atoms with E-state index in [0.29, 0.717) is 13.0 Å². The largest absolute Gasteiger partial charge is 0.496 e. The van der Waals surface area contributed by atoms with Gasteiger partial charge in [0.25, 0.3) is 0 Å². The maximum absolute atomic E-state index is 10.8. The zero-order chi connectivity index (χ0) is 14.5. The summed E-state index contributed by atoms with van der Waals surface area (Å²) in [5.74, 6) is -0.0199. The van der Waals surface area contributed by atoms with E-state index in [4.69, 9.17) is 14.6 Å². The Labute approximate surface area is 118 Å². The number of para-hydroxylation sites is 1. The minimum Gasteiger partial charge on any atom is -0.496 e. The molecule has 1 aliphatic rings. The van der Waals surface area contributed by atoms with Gasteiger partial charge in [-0.1, -0.05) is 18.2 Å². The summed E-state index contributed by atoms with van der Waals surface area (Å²) in [5, 5.41) is 12.3. The molecule has 2 rings (SSSR count). The van der Waals surface area contributed by atoms with E-state index in [1.54, 1.807) is 7.11 Å². The number of hydrogen-bond donors (Lipinski definition) is 2. The Morgan fingerprint density at radius 1 is 1.50 bits per heavy atom. The van der Waals surface area contributed by atoms with E-state index in [9.17, 15) is 4.79 Å². The van der Waals surface area contributed by atoms with Gasteiger partial charge in [-0.2, -0.15) is 0 Å². The van der Waals surface area contributed by atoms with Crippen molar-refractivity contribution < 1.29 is 19.4 Å². The van der Waals surface area contributed by atoms with Crippen molar-refractivity contribution in [2.45, 2.75) is 38.0 Å². The Bertz CT molecular complexity index is 463. The summed E-state index contributed by atoms with van der Waals surface area (Å²) in [6.07, 6.45) is 0.685. The first-order valence-corrected chi connectivity index (χ1v) is 6.86. The molecule has 0 amide bonds. The van der Waals surface area contributed by atoms with Crippen LogP contribution < -0.4 is 10.1 Å². The number of nitrogens with one attached hydrogen (secondary N) is 1. The lowest BCUT2D eigenvalue weighted by molar-refractivity contribution is -0.149. The van der Waals surface area contributed by atoms with E-state index >= 15 is 0 Å². The quantitative estimate of drug-likeness (QED) is 0.833. The topological polar surface area (TPSA) is 67.8 Å². The van der Waals surface area contributed by atoms with Crippen LogP contribution in [0, 0.1) is 0 Å². The standard InChI is InChI=1S/C15H21NO4/c1-10(12-5-3-4-6-13(12)19-2)16-9-11-7-8-14(20-11)15(17)18/h3-6,10-11,14,16H,7-9H2,1-2H3,(H,17,18)/t10-,11?,14?/m1/s1. The van der Waals surface area contributed by atoms with Gasteiger partial charge in [0.15, 0.2) is 6.10 Å². The third-order valence-electron chi connectivity index (χ3n) is 3.64. The van der Waals surface area contributed by atoms with Crippen molar-refractivity contribution >= 4 is 5.97 Å². The van der Waals surface area contributed by atoms with Crippen LogP contribution in [0.25, 0.3) is 0 Å². The van der Waals surface area contributed by atoms with Crippen molar-refractivity contribution in [3.63, 3.8) is 0 Å². The van der Waals surface area contributed by atoms with Gasteiger partial charge in [0, 0.05) is 18.2 Å². The molecule has 2 unspecified atom stereocenters. The molecular weight excluding hydrogens is 258 g/mol. The van der Waals surface area contributed by atoms with E-state index in [-0.39, 0.29) is 12.1 Å². The average Bonchev–Trinajstić information content (AvgIpc) is 2.94. The Balaban J connectivity index is 1.86. The second-order valence-electron chi connectivity index (χ2n) is 5.03. The van der Waals surface area contributed by atoms with Gasteiger partial charge in [-0.25, -0.2) is 4.79 Å². The number of ether oxygens (including phenoxy) is 2. The Hall–Kier alpha value is -1.59. The zero-order valence-corrected chi connectivity index (χ0v) is 11.8. The van der Waals surface area contributed by atoms with Crippen LogP contribution in [-0.2, 0) is 9.53 Å². The van der Waals surface area contributed by atoms with Crippen LogP contribution in [0.2, 0.25) is 0 Å². The fraction of sp³-hybridized carbons (Fsp3) is 0.533. The van der Waals surface area contributed by atoms with E-state index in [1.165, 1.54) is 0 Å². The number of carboxylic acid groups (broad SMARTS) is 1. The van der Waals surface area contributed by atoms with Crippen molar-refractivity contribution in [1.82, 2.24) is 5.32 Å². The van der Waals surface area contributed by atoms with Crippen LogP contribution in [0.15, 0.2) is 24.3 Å². The predicted molar refractivity (Wildman–Crippen MR) is 74.9 cm³/mol. The average molecular weight is 279 g/mol. The van der Waals surface area contributed by atoms with Crippen LogP contribution in [0.5, 0.6) is 5.75 Å². The fourth-order valence-electron chi connectivity index (χ4n) is 2.48. The highest BCUT2D eigenvalue weighted by molar-refractivity contribution is 5.72. The van der Waals surface area contributed by atoms with Crippen molar-refractivity contribution in [3.05, 3.63) is 29.8 Å². The molecule has 110 valence electrons. The number of rotatable bonds is 6. The van der Waals surface area contributed by atoms with Gasteiger partial charge < -0.3 is 19.9 Å². The molecule has 0 radical (unpaired) electrons. The number of carboxylic acids is 1. The summed E-state index contributed by atoms with van der Waals surface area (Å²) in [4.78, 5) is 10.8. The highest BCUT2D eigenvalue weighted by Gasteiger charge is 2.30. The predicted octanol–water partition coefficient (Wildman–Crippen LogP) is 1.98. The third-order valence-corrected chi connectivity index (χ3v) is 3.64. The van der Waals surface area contributed by atoms with Gasteiger partial charge in [-0.15, -0.1) is 0 Å². The molecule has 1 saturated heterocycles. The monoisotopic (exact) mass is 279 g/mol. The molecular formula is C15H21NO4. The molecule has 1 fully saturated rings. The minimum absolute atomic E-state index is 0.0340. The Kier molecular flexibility index (Phi) is 4.98. The van der Waals surface area contributed by atoms with Crippen molar-refractivity contribution in [2.75, 3.05) is 13.7 Å². The highest BCUT2D eigenvalue weighted by Crippen LogP contribution is 2.25. The molecule has 0 spiro atoms. The molecule has 1 heterocycles. The smallest absolute Gasteiger partial charge is 0.332 e. The van der Waals surface area contributed by atoms with Gasteiger partial charge in [0.1, 0.15) is 5.75 Å². The van der Waals surface area contributed by atoms with Gasteiger partial charge in [0.05, 0.1) is 13.2 Å². The molecule has 0 bridgehead atoms. The molecule has 0 aromatic heterocycles. The zero-order valence-electron chi connectivity index (χ0n) is 11.8. The number of aliphatic carboxylic acids is 1. The Morgan fingerprint density at radius 3 is 2.90 bits per heavy atom. The lowest BCUT2D eigenvalue weighted by atomic mass is 10.1. The number of methoxy groups -OCH3 is 1. The summed E-state index contributed by atoms with van der Waals surface area (Å²) < 4.78 is 10.8. The first kappa shape index (κ1) is 14.8. The molecule has 1 aromatic carbocycles. The summed E-state index contributed by atoms with van der Waals surface area (Å²) in [5.41, 5.74) is 1.09. The maximum Gasteiger partial charge on any atom is 0.332 e. The third kappa shape index (κ3) is 3.49. The van der Waals surface area contributed by atoms with E-state index in [0.717, 1.165) is 17.7 Å². The normalized spacial score (nSPS) is 23.5. The second kappa shape index (κ2) is 6.72. The Morgan fingerprint density at radius 2 is 2.25 bits per heavy atom. The molecule has 1 aromatic rings. The lowest BCUT2D eigenvalue weighted by Gasteiger charge is -2.19. The first-order valence-electron chi connectivity index (χ1n) is 6.86. The van der Waals surface area contributed by atoms with Gasteiger partial charge in [0.2, 0.25) is 0 Å². The lowest BCUT2D eigenvalue weighted by Crippen LogP contribution is -2.30. The fourth-order valence-corrected chi connectivity index (χ4v) is 2.48. The van der Waals surface area contributed by atoms with E-state index in [2.05, 4.69) is 12.2 Å². The second-order valence-corrected chi connectivity index (χ2v) is 5.03. The summed E-state index contributed by atoms with van der Waals surface area (Å²) in [7, 11) is 1.66. The molecule has 1 aliphatic heterocycles. The maximum atomic E-state index is 10.8. The SMILES string of the molecule is COc1ccccc1[C@@H](C)NCC1CCC(C(=O)O)O1. The molecule has 0 aliphatic carbocycles. The van der Waals surface area contributed by atoms with Crippen molar-refractivity contribution in [1.29, 1.82) is 0 Å². The van der Waals surface area contributed by atoms with Crippen LogP contribution in [-0.4, -0.2) is 36.9 Å². The molecule has 20 heavy (non-hydrogen) atoms. The molecule has 0 saturated carbocycles. The van der Waals surface area contributed by atoms with Gasteiger partial charge in [-0.05, 0) is 25.8 Å². The minimum atomic E-state index is -0.870. The highest BCUT2D eigenvalue weighted by atomic mass is 16.5. The van der Waals surface area contributed by atoms with Crippen LogP contribution in [0.4, 0.5) is 0 Å². The van der Waals surface area contributed by atoms with Crippen LogP contribution in [0.3, 0.4) is 0 Å². The summed E-state index contributed by atoms with van der Waals surface area (Å²) in [6, 6.07) is 7.99. The molecule has 5 heteroatoms. The van der Waals surface area contributed by atoms with Crippen LogP contribution in [0.1, 0.15) is 31.4 Å². The van der Waals surface area contributed by atoms with Crippen LogP contribution >= 0.6 is 0 Å². The molecule has 3 atom stereocenters. The van der Waals surface area contributed by atoms with Crippen molar-refractivity contribution in [3.8, 4) is 5.75 Å². The number of hydrogen-bond acceptors (Lipinski definition) is 4. The van der Waals surface area contributed by atoms with E-state index < -0.39 is 12.1 Å². The van der Waals surface area contributed by atoms with E-state index in [1.807, 2.05) is 24.3 Å². The summed E-state index contributed by atoms with van der Waals surface area (Å²) >= 11 is 0. The van der Waals surface area contributed by atoms with Crippen molar-refractivity contribution in [2.24, 2.45) is 0 Å². The number of benzene rings is 1. The first-order chi connectivity index (χ1) is 9.61. The van der Waals surface area contributed by atoms with Gasteiger partial charge >= 0.3 is 5.97 Å². The molecule has 5 nitrogen and oxygen atoms in total. The number of carbonyl (C=O) groups is 1. The summed E-state index contributed by atoms with van der Waals surface area (Å²) in [6.45, 7) is 2.70. The molecule has 2 N–H and O–H groups in total.